The molecular weight excluding hydrogens is 303 g/mol. The van der Waals surface area contributed by atoms with Crippen molar-refractivity contribution < 1.29 is 9.18 Å². The van der Waals surface area contributed by atoms with E-state index in [1.165, 1.54) is 6.07 Å². The lowest BCUT2D eigenvalue weighted by atomic mass is 9.94. The van der Waals surface area contributed by atoms with Crippen molar-refractivity contribution in [2.45, 2.75) is 51.0 Å². The molecule has 0 heterocycles. The smallest absolute Gasteiger partial charge is 0.223 e. The fourth-order valence-electron chi connectivity index (χ4n) is 3.02. The van der Waals surface area contributed by atoms with Crippen LogP contribution in [0.4, 0.5) is 4.39 Å². The summed E-state index contributed by atoms with van der Waals surface area (Å²) in [5.74, 6) is -0.286. The third-order valence-electron chi connectivity index (χ3n) is 4.59. The van der Waals surface area contributed by atoms with Crippen molar-refractivity contribution in [1.29, 1.82) is 0 Å². The van der Waals surface area contributed by atoms with Gasteiger partial charge in [0, 0.05) is 12.5 Å². The molecule has 0 radical (unpaired) electrons. The van der Waals surface area contributed by atoms with Gasteiger partial charge in [-0.3, -0.25) is 4.79 Å². The number of nitrogens with one attached hydrogen (secondary N) is 1. The van der Waals surface area contributed by atoms with E-state index in [2.05, 4.69) is 5.32 Å². The number of carbonyl (C=O) groups is 1. The molecule has 0 spiro atoms. The van der Waals surface area contributed by atoms with Gasteiger partial charge in [0.05, 0.1) is 5.54 Å². The van der Waals surface area contributed by atoms with Crippen LogP contribution in [0.1, 0.15) is 44.6 Å². The topological polar surface area (TPSA) is 55.1 Å². The second-order valence-electron chi connectivity index (χ2n) is 6.21. The van der Waals surface area contributed by atoms with Crippen LogP contribution >= 0.6 is 12.4 Å². The Morgan fingerprint density at radius 2 is 2.00 bits per heavy atom. The maximum atomic E-state index is 13.6. The summed E-state index contributed by atoms with van der Waals surface area (Å²) in [7, 11) is 0. The van der Waals surface area contributed by atoms with E-state index in [4.69, 9.17) is 5.73 Å². The van der Waals surface area contributed by atoms with E-state index >= 15 is 0 Å². The first-order chi connectivity index (χ1) is 10.1. The Morgan fingerprint density at radius 1 is 1.36 bits per heavy atom. The first-order valence-corrected chi connectivity index (χ1v) is 7.82. The SMILES string of the molecule is CC(CCc1ccccc1F)C(=O)NC1(CN)CCCC1.Cl. The quantitative estimate of drug-likeness (QED) is 0.842. The zero-order valence-corrected chi connectivity index (χ0v) is 13.9. The highest BCUT2D eigenvalue weighted by molar-refractivity contribution is 5.85. The molecule has 22 heavy (non-hydrogen) atoms. The monoisotopic (exact) mass is 328 g/mol. The predicted molar refractivity (Wildman–Crippen MR) is 89.5 cm³/mol. The van der Waals surface area contributed by atoms with Gasteiger partial charge in [-0.2, -0.15) is 0 Å². The summed E-state index contributed by atoms with van der Waals surface area (Å²) in [6.45, 7) is 2.40. The Kier molecular flexibility index (Phi) is 7.30. The van der Waals surface area contributed by atoms with Gasteiger partial charge in [0.25, 0.3) is 0 Å². The van der Waals surface area contributed by atoms with Crippen molar-refractivity contribution in [3.63, 3.8) is 0 Å². The van der Waals surface area contributed by atoms with E-state index in [1.54, 1.807) is 12.1 Å². The highest BCUT2D eigenvalue weighted by Gasteiger charge is 2.34. The van der Waals surface area contributed by atoms with Gasteiger partial charge in [0.2, 0.25) is 5.91 Å². The molecule has 1 saturated carbocycles. The van der Waals surface area contributed by atoms with Crippen LogP contribution in [-0.4, -0.2) is 18.0 Å². The predicted octanol–water partition coefficient (Wildman–Crippen LogP) is 3.20. The Hall–Kier alpha value is -1.13. The first-order valence-electron chi connectivity index (χ1n) is 7.82. The molecule has 0 bridgehead atoms. The number of aryl methyl sites for hydroxylation is 1. The number of benzene rings is 1. The first kappa shape index (κ1) is 18.9. The van der Waals surface area contributed by atoms with Crippen molar-refractivity contribution in [2.75, 3.05) is 6.54 Å². The summed E-state index contributed by atoms with van der Waals surface area (Å²) in [6, 6.07) is 6.74. The minimum Gasteiger partial charge on any atom is -0.349 e. The molecule has 0 aliphatic heterocycles. The summed E-state index contributed by atoms with van der Waals surface area (Å²) in [5.41, 5.74) is 6.31. The van der Waals surface area contributed by atoms with Crippen LogP contribution in [0, 0.1) is 11.7 Å². The molecule has 2 rings (SSSR count). The molecule has 1 aliphatic rings. The molecule has 1 aromatic rings. The standard InChI is InChI=1S/C17H25FN2O.ClH/c1-13(8-9-14-6-2-3-7-15(14)18)16(21)20-17(12-19)10-4-5-11-17;/h2-3,6-7,13H,4-5,8-12,19H2,1H3,(H,20,21);1H. The van der Waals surface area contributed by atoms with Gasteiger partial charge in [-0.05, 0) is 37.3 Å². The molecule has 1 amide bonds. The van der Waals surface area contributed by atoms with Crippen molar-refractivity contribution in [3.05, 3.63) is 35.6 Å². The van der Waals surface area contributed by atoms with Crippen molar-refractivity contribution in [2.24, 2.45) is 11.7 Å². The lowest BCUT2D eigenvalue weighted by Crippen LogP contribution is -2.53. The molecule has 1 aromatic carbocycles. The van der Waals surface area contributed by atoms with Crippen LogP contribution in [0.15, 0.2) is 24.3 Å². The number of nitrogens with two attached hydrogens (primary N) is 1. The number of amides is 1. The molecule has 0 saturated heterocycles. The molecule has 1 unspecified atom stereocenters. The zero-order chi connectivity index (χ0) is 15.3. The number of halogens is 2. The minimum absolute atomic E-state index is 0. The lowest BCUT2D eigenvalue weighted by Gasteiger charge is -2.30. The Labute approximate surface area is 138 Å². The summed E-state index contributed by atoms with van der Waals surface area (Å²) >= 11 is 0. The molecule has 124 valence electrons. The highest BCUT2D eigenvalue weighted by atomic mass is 35.5. The van der Waals surface area contributed by atoms with Crippen LogP contribution < -0.4 is 11.1 Å². The van der Waals surface area contributed by atoms with E-state index in [0.29, 0.717) is 24.9 Å². The average molecular weight is 329 g/mol. The molecule has 1 aliphatic carbocycles. The second-order valence-corrected chi connectivity index (χ2v) is 6.21. The van der Waals surface area contributed by atoms with E-state index in [1.807, 2.05) is 13.0 Å². The second kappa shape index (κ2) is 8.49. The van der Waals surface area contributed by atoms with Crippen molar-refractivity contribution in [3.8, 4) is 0 Å². The molecular formula is C17H26ClFN2O. The van der Waals surface area contributed by atoms with Crippen LogP contribution in [-0.2, 0) is 11.2 Å². The van der Waals surface area contributed by atoms with Crippen LogP contribution in [0.2, 0.25) is 0 Å². The fraction of sp³-hybridized carbons (Fsp3) is 0.588. The van der Waals surface area contributed by atoms with E-state index in [-0.39, 0.29) is 35.6 Å². The van der Waals surface area contributed by atoms with Gasteiger partial charge in [-0.15, -0.1) is 12.4 Å². The zero-order valence-electron chi connectivity index (χ0n) is 13.1. The molecule has 1 fully saturated rings. The number of hydrogen-bond acceptors (Lipinski definition) is 2. The molecule has 1 atom stereocenters. The van der Waals surface area contributed by atoms with Crippen LogP contribution in [0.3, 0.4) is 0 Å². The van der Waals surface area contributed by atoms with E-state index in [9.17, 15) is 9.18 Å². The Bertz CT molecular complexity index is 489. The minimum atomic E-state index is -0.205. The summed E-state index contributed by atoms with van der Waals surface area (Å²) in [5, 5.41) is 3.14. The molecule has 0 aromatic heterocycles. The number of rotatable bonds is 6. The fourth-order valence-corrected chi connectivity index (χ4v) is 3.02. The molecule has 3 nitrogen and oxygen atoms in total. The van der Waals surface area contributed by atoms with Crippen LogP contribution in [0.5, 0.6) is 0 Å². The maximum Gasteiger partial charge on any atom is 0.223 e. The third kappa shape index (κ3) is 4.68. The average Bonchev–Trinajstić information content (AvgIpc) is 2.95. The van der Waals surface area contributed by atoms with Gasteiger partial charge in [0.1, 0.15) is 5.82 Å². The number of hydrogen-bond donors (Lipinski definition) is 2. The van der Waals surface area contributed by atoms with E-state index in [0.717, 1.165) is 25.7 Å². The summed E-state index contributed by atoms with van der Waals surface area (Å²) in [6.07, 6.45) is 5.41. The highest BCUT2D eigenvalue weighted by Crippen LogP contribution is 2.29. The van der Waals surface area contributed by atoms with Crippen molar-refractivity contribution >= 4 is 18.3 Å². The maximum absolute atomic E-state index is 13.6. The van der Waals surface area contributed by atoms with Gasteiger partial charge in [-0.25, -0.2) is 4.39 Å². The third-order valence-corrected chi connectivity index (χ3v) is 4.59. The summed E-state index contributed by atoms with van der Waals surface area (Å²) < 4.78 is 13.6. The molecule has 3 N–H and O–H groups in total. The Morgan fingerprint density at radius 3 is 2.59 bits per heavy atom. The normalized spacial score (nSPS) is 17.6. The summed E-state index contributed by atoms with van der Waals surface area (Å²) in [4.78, 5) is 12.3. The van der Waals surface area contributed by atoms with Crippen molar-refractivity contribution in [1.82, 2.24) is 5.32 Å². The lowest BCUT2D eigenvalue weighted by molar-refractivity contribution is -0.126. The van der Waals surface area contributed by atoms with Gasteiger partial charge in [0.15, 0.2) is 0 Å². The number of carbonyl (C=O) groups excluding carboxylic acids is 1. The van der Waals surface area contributed by atoms with Gasteiger partial charge >= 0.3 is 0 Å². The largest absolute Gasteiger partial charge is 0.349 e. The van der Waals surface area contributed by atoms with Gasteiger partial charge < -0.3 is 11.1 Å². The Balaban J connectivity index is 0.00000242. The molecule has 5 heteroatoms. The van der Waals surface area contributed by atoms with Crippen LogP contribution in [0.25, 0.3) is 0 Å². The van der Waals surface area contributed by atoms with E-state index < -0.39 is 0 Å². The van der Waals surface area contributed by atoms with Gasteiger partial charge in [-0.1, -0.05) is 38.0 Å².